The molecule has 0 radical (unpaired) electrons. The van der Waals surface area contributed by atoms with Gasteiger partial charge in [-0.05, 0) is 31.5 Å². The standard InChI is InChI=1S/C16H27N3O/c1-4-14(5-2)19(3)11-10-16(20)18-15-9-7-6-8-13(15)12-17/h6-9,14H,4-5,10-12,17H2,1-3H3,(H,18,20). The van der Waals surface area contributed by atoms with E-state index in [-0.39, 0.29) is 5.91 Å². The van der Waals surface area contributed by atoms with E-state index in [1.807, 2.05) is 24.3 Å². The molecular weight excluding hydrogens is 250 g/mol. The molecular formula is C16H27N3O. The summed E-state index contributed by atoms with van der Waals surface area (Å²) in [5.74, 6) is 0.0451. The van der Waals surface area contributed by atoms with Gasteiger partial charge in [0.2, 0.25) is 5.91 Å². The number of anilines is 1. The third-order valence-electron chi connectivity index (χ3n) is 3.77. The van der Waals surface area contributed by atoms with Crippen molar-refractivity contribution < 1.29 is 4.79 Å². The van der Waals surface area contributed by atoms with Crippen LogP contribution < -0.4 is 11.1 Å². The molecule has 0 aliphatic heterocycles. The number of hydrogen-bond acceptors (Lipinski definition) is 3. The Labute approximate surface area is 122 Å². The molecule has 0 spiro atoms. The molecule has 20 heavy (non-hydrogen) atoms. The minimum Gasteiger partial charge on any atom is -0.326 e. The molecule has 0 saturated carbocycles. The van der Waals surface area contributed by atoms with Crippen molar-refractivity contribution in [3.05, 3.63) is 29.8 Å². The summed E-state index contributed by atoms with van der Waals surface area (Å²) in [5.41, 5.74) is 7.46. The molecule has 0 bridgehead atoms. The van der Waals surface area contributed by atoms with E-state index in [1.165, 1.54) is 0 Å². The van der Waals surface area contributed by atoms with Gasteiger partial charge in [-0.15, -0.1) is 0 Å². The van der Waals surface area contributed by atoms with Crippen LogP contribution in [-0.2, 0) is 11.3 Å². The van der Waals surface area contributed by atoms with Crippen LogP contribution in [0.15, 0.2) is 24.3 Å². The molecule has 112 valence electrons. The number of hydrogen-bond donors (Lipinski definition) is 2. The van der Waals surface area contributed by atoms with E-state index < -0.39 is 0 Å². The first-order chi connectivity index (χ1) is 9.62. The van der Waals surface area contributed by atoms with E-state index in [1.54, 1.807) is 0 Å². The number of nitrogens with one attached hydrogen (secondary N) is 1. The fourth-order valence-corrected chi connectivity index (χ4v) is 2.41. The molecule has 0 aliphatic rings. The van der Waals surface area contributed by atoms with Gasteiger partial charge >= 0.3 is 0 Å². The third kappa shape index (κ3) is 4.94. The Hall–Kier alpha value is -1.39. The average Bonchev–Trinajstić information content (AvgIpc) is 2.47. The number of para-hydroxylation sites is 1. The Balaban J connectivity index is 2.48. The molecule has 4 nitrogen and oxygen atoms in total. The summed E-state index contributed by atoms with van der Waals surface area (Å²) in [7, 11) is 2.08. The molecule has 1 aromatic rings. The van der Waals surface area contributed by atoms with Crippen molar-refractivity contribution in [2.24, 2.45) is 5.73 Å². The minimum absolute atomic E-state index is 0.0451. The van der Waals surface area contributed by atoms with Gasteiger partial charge in [-0.2, -0.15) is 0 Å². The van der Waals surface area contributed by atoms with E-state index in [4.69, 9.17) is 5.73 Å². The van der Waals surface area contributed by atoms with Crippen LogP contribution in [0, 0.1) is 0 Å². The predicted octanol–water partition coefficient (Wildman–Crippen LogP) is 2.59. The van der Waals surface area contributed by atoms with Gasteiger partial charge < -0.3 is 16.0 Å². The Kier molecular flexibility index (Phi) is 7.26. The number of carbonyl (C=O) groups is 1. The predicted molar refractivity (Wildman–Crippen MR) is 84.6 cm³/mol. The van der Waals surface area contributed by atoms with E-state index in [0.717, 1.165) is 30.6 Å². The molecule has 0 unspecified atom stereocenters. The van der Waals surface area contributed by atoms with Crippen LogP contribution in [0.1, 0.15) is 38.7 Å². The topological polar surface area (TPSA) is 58.4 Å². The second kappa shape index (κ2) is 8.72. The van der Waals surface area contributed by atoms with Gasteiger partial charge in [0.05, 0.1) is 0 Å². The summed E-state index contributed by atoms with van der Waals surface area (Å²) in [6, 6.07) is 8.22. The highest BCUT2D eigenvalue weighted by molar-refractivity contribution is 5.91. The molecule has 0 fully saturated rings. The number of nitrogens with zero attached hydrogens (tertiary/aromatic N) is 1. The van der Waals surface area contributed by atoms with E-state index in [2.05, 4.69) is 31.1 Å². The molecule has 1 aromatic carbocycles. The van der Waals surface area contributed by atoms with E-state index >= 15 is 0 Å². The third-order valence-corrected chi connectivity index (χ3v) is 3.77. The van der Waals surface area contributed by atoms with E-state index in [9.17, 15) is 4.79 Å². The van der Waals surface area contributed by atoms with Gasteiger partial charge in [-0.25, -0.2) is 0 Å². The van der Waals surface area contributed by atoms with Crippen molar-refractivity contribution >= 4 is 11.6 Å². The van der Waals surface area contributed by atoms with Gasteiger partial charge in [0.15, 0.2) is 0 Å². The Morgan fingerprint density at radius 3 is 2.55 bits per heavy atom. The molecule has 0 saturated heterocycles. The second-order valence-corrected chi connectivity index (χ2v) is 5.11. The zero-order valence-corrected chi connectivity index (χ0v) is 12.9. The normalized spacial score (nSPS) is 11.1. The van der Waals surface area contributed by atoms with Crippen molar-refractivity contribution in [1.29, 1.82) is 0 Å². The highest BCUT2D eigenvalue weighted by atomic mass is 16.1. The fraction of sp³-hybridized carbons (Fsp3) is 0.562. The number of carbonyl (C=O) groups excluding carboxylic acids is 1. The summed E-state index contributed by atoms with van der Waals surface area (Å²) >= 11 is 0. The van der Waals surface area contributed by atoms with Crippen LogP contribution in [0.3, 0.4) is 0 Å². The van der Waals surface area contributed by atoms with Crippen LogP contribution in [0.5, 0.6) is 0 Å². The number of nitrogens with two attached hydrogens (primary N) is 1. The van der Waals surface area contributed by atoms with Gasteiger partial charge in [-0.1, -0.05) is 32.0 Å². The summed E-state index contributed by atoms with van der Waals surface area (Å²) in [6.07, 6.45) is 2.74. The SMILES string of the molecule is CCC(CC)N(C)CCC(=O)Nc1ccccc1CN. The molecule has 0 heterocycles. The molecule has 1 rings (SSSR count). The Bertz CT molecular complexity index is 416. The van der Waals surface area contributed by atoms with Crippen LogP contribution >= 0.6 is 0 Å². The summed E-state index contributed by atoms with van der Waals surface area (Å²) in [4.78, 5) is 14.3. The monoisotopic (exact) mass is 277 g/mol. The zero-order chi connectivity index (χ0) is 15.0. The quantitative estimate of drug-likeness (QED) is 0.768. The van der Waals surface area contributed by atoms with E-state index in [0.29, 0.717) is 19.0 Å². The largest absolute Gasteiger partial charge is 0.326 e. The Morgan fingerprint density at radius 2 is 1.95 bits per heavy atom. The number of benzene rings is 1. The van der Waals surface area contributed by atoms with Crippen LogP contribution in [0.2, 0.25) is 0 Å². The van der Waals surface area contributed by atoms with Gasteiger partial charge in [0, 0.05) is 31.2 Å². The van der Waals surface area contributed by atoms with Crippen molar-refractivity contribution in [3.8, 4) is 0 Å². The van der Waals surface area contributed by atoms with Crippen LogP contribution in [-0.4, -0.2) is 30.4 Å². The first kappa shape index (κ1) is 16.7. The number of amides is 1. The van der Waals surface area contributed by atoms with Gasteiger partial charge in [0.1, 0.15) is 0 Å². The zero-order valence-electron chi connectivity index (χ0n) is 12.9. The Morgan fingerprint density at radius 1 is 1.30 bits per heavy atom. The molecule has 1 amide bonds. The summed E-state index contributed by atoms with van der Waals surface area (Å²) in [5, 5.41) is 2.95. The molecule has 4 heteroatoms. The van der Waals surface area contributed by atoms with Crippen molar-refractivity contribution in [2.45, 2.75) is 45.7 Å². The maximum Gasteiger partial charge on any atom is 0.225 e. The minimum atomic E-state index is 0.0451. The second-order valence-electron chi connectivity index (χ2n) is 5.11. The fourth-order valence-electron chi connectivity index (χ4n) is 2.41. The smallest absolute Gasteiger partial charge is 0.225 e. The molecule has 0 aromatic heterocycles. The maximum absolute atomic E-state index is 12.0. The van der Waals surface area contributed by atoms with Crippen LogP contribution in [0.4, 0.5) is 5.69 Å². The summed E-state index contributed by atoms with van der Waals surface area (Å²) < 4.78 is 0. The number of rotatable bonds is 8. The van der Waals surface area contributed by atoms with Gasteiger partial charge in [-0.3, -0.25) is 4.79 Å². The van der Waals surface area contributed by atoms with Crippen molar-refractivity contribution in [1.82, 2.24) is 4.90 Å². The molecule has 0 atom stereocenters. The molecule has 3 N–H and O–H groups in total. The highest BCUT2D eigenvalue weighted by Crippen LogP contribution is 2.14. The summed E-state index contributed by atoms with van der Waals surface area (Å²) in [6.45, 7) is 5.58. The van der Waals surface area contributed by atoms with Gasteiger partial charge in [0.25, 0.3) is 0 Å². The van der Waals surface area contributed by atoms with Crippen molar-refractivity contribution in [3.63, 3.8) is 0 Å². The highest BCUT2D eigenvalue weighted by Gasteiger charge is 2.12. The average molecular weight is 277 g/mol. The molecule has 0 aliphatic carbocycles. The first-order valence-electron chi connectivity index (χ1n) is 7.40. The lowest BCUT2D eigenvalue weighted by Crippen LogP contribution is -2.33. The first-order valence-corrected chi connectivity index (χ1v) is 7.40. The lowest BCUT2D eigenvalue weighted by molar-refractivity contribution is -0.116. The lowest BCUT2D eigenvalue weighted by atomic mass is 10.1. The van der Waals surface area contributed by atoms with Crippen molar-refractivity contribution in [2.75, 3.05) is 18.9 Å². The maximum atomic E-state index is 12.0. The lowest BCUT2D eigenvalue weighted by Gasteiger charge is -2.25. The van der Waals surface area contributed by atoms with Crippen LogP contribution in [0.25, 0.3) is 0 Å².